The van der Waals surface area contributed by atoms with Gasteiger partial charge in [0.15, 0.2) is 6.10 Å². The van der Waals surface area contributed by atoms with Crippen LogP contribution < -0.4 is 5.32 Å². The quantitative estimate of drug-likeness (QED) is 0.265. The summed E-state index contributed by atoms with van der Waals surface area (Å²) in [4.78, 5) is 46.3. The maximum absolute atomic E-state index is 12.6. The maximum Gasteiger partial charge on any atom is 0.303 e. The summed E-state index contributed by atoms with van der Waals surface area (Å²) in [6, 6.07) is 1.68. The molecular formula is C15H13ClI3NO6. The summed E-state index contributed by atoms with van der Waals surface area (Å²) in [5.74, 6) is -1.56. The monoisotopic (exact) mass is 719 g/mol. The Kier molecular flexibility index (Phi) is 10.0. The van der Waals surface area contributed by atoms with Gasteiger partial charge in [-0.2, -0.15) is 0 Å². The second kappa shape index (κ2) is 10.9. The molecule has 0 aromatic heterocycles. The molecule has 0 bridgehead atoms. The van der Waals surface area contributed by atoms with Crippen LogP contribution in [0.15, 0.2) is 6.07 Å². The number of rotatable bonds is 7. The second-order valence-electron chi connectivity index (χ2n) is 4.92. The van der Waals surface area contributed by atoms with Crippen molar-refractivity contribution in [3.8, 4) is 0 Å². The Morgan fingerprint density at radius 3 is 2.15 bits per heavy atom. The lowest BCUT2D eigenvalue weighted by Gasteiger charge is -2.18. The Bertz CT molecular complexity index is 755. The summed E-state index contributed by atoms with van der Waals surface area (Å²) in [6.45, 7) is 2.20. The van der Waals surface area contributed by atoms with Gasteiger partial charge in [-0.05, 0) is 85.4 Å². The van der Waals surface area contributed by atoms with Crippen LogP contribution >= 0.6 is 79.4 Å². The molecule has 1 aromatic rings. The van der Waals surface area contributed by atoms with E-state index in [2.05, 4.69) is 5.32 Å². The third-order valence-corrected chi connectivity index (χ3v) is 5.86. The first-order valence-corrected chi connectivity index (χ1v) is 10.6. The highest BCUT2D eigenvalue weighted by atomic mass is 127. The van der Waals surface area contributed by atoms with Gasteiger partial charge in [0.2, 0.25) is 0 Å². The number of halogens is 4. The van der Waals surface area contributed by atoms with Crippen LogP contribution in [0.25, 0.3) is 0 Å². The molecule has 1 N–H and O–H groups in total. The van der Waals surface area contributed by atoms with Crippen LogP contribution in [0.3, 0.4) is 0 Å². The van der Waals surface area contributed by atoms with Crippen molar-refractivity contribution in [3.05, 3.63) is 27.9 Å². The molecule has 1 amide bonds. The first-order valence-electron chi connectivity index (χ1n) is 7.00. The molecule has 26 heavy (non-hydrogen) atoms. The zero-order valence-corrected chi connectivity index (χ0v) is 20.8. The van der Waals surface area contributed by atoms with Gasteiger partial charge in [0.05, 0.1) is 17.7 Å². The van der Waals surface area contributed by atoms with Crippen LogP contribution in [0.4, 0.5) is 0 Å². The summed E-state index contributed by atoms with van der Waals surface area (Å²) < 4.78 is 11.5. The van der Waals surface area contributed by atoms with Crippen molar-refractivity contribution in [2.75, 3.05) is 13.2 Å². The van der Waals surface area contributed by atoms with Crippen LogP contribution in [0.2, 0.25) is 0 Å². The van der Waals surface area contributed by atoms with Gasteiger partial charge in [-0.25, -0.2) is 0 Å². The van der Waals surface area contributed by atoms with Gasteiger partial charge in [-0.15, -0.1) is 0 Å². The van der Waals surface area contributed by atoms with E-state index in [0.29, 0.717) is 16.3 Å². The molecule has 0 radical (unpaired) electrons. The van der Waals surface area contributed by atoms with Gasteiger partial charge in [0.25, 0.3) is 11.1 Å². The Hall–Kier alpha value is -0.220. The molecule has 1 aromatic carbocycles. The van der Waals surface area contributed by atoms with Crippen molar-refractivity contribution in [3.63, 3.8) is 0 Å². The third-order valence-electron chi connectivity index (χ3n) is 2.89. The highest BCUT2D eigenvalue weighted by Crippen LogP contribution is 2.28. The topological polar surface area (TPSA) is 98.8 Å². The molecule has 1 unspecified atom stereocenters. The Morgan fingerprint density at radius 2 is 1.65 bits per heavy atom. The number of esters is 2. The number of amides is 1. The standard InChI is InChI=1S/C15H13ClI3NO6/c1-6(21)25-5-8(26-7(2)22)4-20-15(24)12-10(18)3-9(17)11(13(12)19)14(16)23/h3,8H,4-5H2,1-2H3,(H,20,24). The van der Waals surface area contributed by atoms with Crippen molar-refractivity contribution in [2.45, 2.75) is 20.0 Å². The lowest BCUT2D eigenvalue weighted by molar-refractivity contribution is -0.155. The van der Waals surface area contributed by atoms with Gasteiger partial charge >= 0.3 is 11.9 Å². The van der Waals surface area contributed by atoms with Crippen LogP contribution in [0.5, 0.6) is 0 Å². The number of ether oxygens (including phenoxy) is 2. The normalized spacial score (nSPS) is 11.5. The van der Waals surface area contributed by atoms with Crippen LogP contribution in [0.1, 0.15) is 34.6 Å². The molecule has 0 saturated heterocycles. The predicted octanol–water partition coefficient (Wildman–Crippen LogP) is 3.10. The summed E-state index contributed by atoms with van der Waals surface area (Å²) in [6.07, 6.45) is -0.825. The number of hydrogen-bond acceptors (Lipinski definition) is 6. The average molecular weight is 719 g/mol. The first kappa shape index (κ1) is 23.8. The van der Waals surface area contributed by atoms with Crippen LogP contribution in [0, 0.1) is 10.7 Å². The number of carbonyl (C=O) groups is 4. The maximum atomic E-state index is 12.6. The average Bonchev–Trinajstić information content (AvgIpc) is 2.48. The van der Waals surface area contributed by atoms with E-state index in [9.17, 15) is 19.2 Å². The zero-order chi connectivity index (χ0) is 20.0. The van der Waals surface area contributed by atoms with Gasteiger partial charge in [0, 0.05) is 24.6 Å². The second-order valence-corrected chi connectivity index (χ2v) is 8.67. The highest BCUT2D eigenvalue weighted by Gasteiger charge is 2.24. The van der Waals surface area contributed by atoms with E-state index < -0.39 is 29.2 Å². The van der Waals surface area contributed by atoms with E-state index in [0.717, 1.165) is 0 Å². The molecule has 11 heteroatoms. The predicted molar refractivity (Wildman–Crippen MR) is 119 cm³/mol. The lowest BCUT2D eigenvalue weighted by Crippen LogP contribution is -2.38. The Labute approximate surface area is 195 Å². The van der Waals surface area contributed by atoms with Gasteiger partial charge < -0.3 is 14.8 Å². The summed E-state index contributed by atoms with van der Waals surface area (Å²) in [7, 11) is 0. The van der Waals surface area contributed by atoms with Crippen molar-refractivity contribution in [2.24, 2.45) is 0 Å². The minimum atomic E-state index is -0.825. The van der Waals surface area contributed by atoms with Crippen molar-refractivity contribution < 1.29 is 28.7 Å². The van der Waals surface area contributed by atoms with E-state index in [1.807, 2.05) is 67.8 Å². The summed E-state index contributed by atoms with van der Waals surface area (Å²) in [5.41, 5.74) is 0.555. The van der Waals surface area contributed by atoms with Crippen molar-refractivity contribution in [1.82, 2.24) is 5.32 Å². The van der Waals surface area contributed by atoms with E-state index in [-0.39, 0.29) is 18.7 Å². The molecule has 7 nitrogen and oxygen atoms in total. The molecule has 1 atom stereocenters. The number of nitrogens with one attached hydrogen (secondary N) is 1. The van der Waals surface area contributed by atoms with E-state index in [1.165, 1.54) is 13.8 Å². The molecule has 1 rings (SSSR count). The fourth-order valence-electron chi connectivity index (χ4n) is 1.85. The third kappa shape index (κ3) is 7.07. The van der Waals surface area contributed by atoms with E-state index >= 15 is 0 Å². The zero-order valence-electron chi connectivity index (χ0n) is 13.5. The van der Waals surface area contributed by atoms with Gasteiger partial charge in [-0.1, -0.05) is 0 Å². The molecule has 0 aliphatic carbocycles. The molecule has 0 fully saturated rings. The molecule has 0 heterocycles. The molecule has 0 saturated carbocycles. The summed E-state index contributed by atoms with van der Waals surface area (Å²) in [5, 5.41) is 1.97. The Balaban J connectivity index is 2.98. The fourth-order valence-corrected chi connectivity index (χ4v) is 6.72. The SMILES string of the molecule is CC(=O)OCC(CNC(=O)c1c(I)cc(I)c(C(=O)Cl)c1I)OC(C)=O. The number of carbonyl (C=O) groups excluding carboxylic acids is 4. The number of benzene rings is 1. The molecule has 0 spiro atoms. The smallest absolute Gasteiger partial charge is 0.303 e. The molecule has 0 aliphatic heterocycles. The lowest BCUT2D eigenvalue weighted by atomic mass is 10.1. The molecular weight excluding hydrogens is 706 g/mol. The fraction of sp³-hybridized carbons (Fsp3) is 0.333. The van der Waals surface area contributed by atoms with Crippen molar-refractivity contribution >= 4 is 102 Å². The first-order chi connectivity index (χ1) is 12.0. The Morgan fingerprint density at radius 1 is 1.08 bits per heavy atom. The highest BCUT2D eigenvalue weighted by molar-refractivity contribution is 14.1. The summed E-state index contributed by atoms with van der Waals surface area (Å²) >= 11 is 11.5. The van der Waals surface area contributed by atoms with Crippen LogP contribution in [-0.2, 0) is 19.1 Å². The van der Waals surface area contributed by atoms with Gasteiger partial charge in [0.1, 0.15) is 6.61 Å². The minimum Gasteiger partial charge on any atom is -0.462 e. The number of hydrogen-bond donors (Lipinski definition) is 1. The molecule has 142 valence electrons. The van der Waals surface area contributed by atoms with E-state index in [4.69, 9.17) is 21.1 Å². The van der Waals surface area contributed by atoms with Crippen LogP contribution in [-0.4, -0.2) is 42.3 Å². The minimum absolute atomic E-state index is 0.0615. The largest absolute Gasteiger partial charge is 0.462 e. The molecule has 0 aliphatic rings. The van der Waals surface area contributed by atoms with Crippen molar-refractivity contribution in [1.29, 1.82) is 0 Å². The van der Waals surface area contributed by atoms with E-state index in [1.54, 1.807) is 6.07 Å². The van der Waals surface area contributed by atoms with Gasteiger partial charge in [-0.3, -0.25) is 19.2 Å².